The lowest BCUT2D eigenvalue weighted by Crippen LogP contribution is -2.26. The van der Waals surface area contributed by atoms with Gasteiger partial charge in [0.05, 0.1) is 0 Å². The van der Waals surface area contributed by atoms with Gasteiger partial charge in [0.1, 0.15) is 0 Å². The van der Waals surface area contributed by atoms with Crippen molar-refractivity contribution in [1.82, 2.24) is 5.32 Å². The quantitative estimate of drug-likeness (QED) is 0.886. The summed E-state index contributed by atoms with van der Waals surface area (Å²) >= 11 is 3.47. The number of halogens is 1. The molecule has 1 N–H and O–H groups in total. The van der Waals surface area contributed by atoms with E-state index in [4.69, 9.17) is 0 Å². The first kappa shape index (κ1) is 11.7. The molecule has 3 unspecified atom stereocenters. The van der Waals surface area contributed by atoms with E-state index in [-0.39, 0.29) is 0 Å². The van der Waals surface area contributed by atoms with Crippen molar-refractivity contribution in [3.8, 4) is 0 Å². The summed E-state index contributed by atoms with van der Waals surface area (Å²) in [5.41, 5.74) is 1.39. The van der Waals surface area contributed by atoms with Crippen molar-refractivity contribution in [3.63, 3.8) is 0 Å². The number of rotatable bonds is 4. The van der Waals surface area contributed by atoms with Crippen molar-refractivity contribution >= 4 is 15.9 Å². The highest BCUT2D eigenvalue weighted by Gasteiger charge is 2.38. The molecule has 2 aliphatic rings. The van der Waals surface area contributed by atoms with Crippen molar-refractivity contribution in [1.29, 1.82) is 0 Å². The van der Waals surface area contributed by atoms with E-state index in [2.05, 4.69) is 45.5 Å². The molecule has 0 aromatic heterocycles. The van der Waals surface area contributed by atoms with Crippen LogP contribution in [0.4, 0.5) is 0 Å². The molecule has 3 atom stereocenters. The fourth-order valence-corrected chi connectivity index (χ4v) is 3.89. The molecule has 17 heavy (non-hydrogen) atoms. The Kier molecular flexibility index (Phi) is 3.53. The lowest BCUT2D eigenvalue weighted by atomic mass is 9.89. The minimum atomic E-state index is 0.962. The SMILES string of the molecule is Brc1ccc(CNCC2CC3CCC2C3)cc1. The van der Waals surface area contributed by atoms with Crippen LogP contribution in [0.15, 0.2) is 28.7 Å². The number of hydrogen-bond donors (Lipinski definition) is 1. The van der Waals surface area contributed by atoms with Crippen molar-refractivity contribution in [3.05, 3.63) is 34.3 Å². The second-order valence-corrected chi connectivity index (χ2v) is 6.61. The third-order valence-electron chi connectivity index (χ3n) is 4.53. The monoisotopic (exact) mass is 293 g/mol. The van der Waals surface area contributed by atoms with Gasteiger partial charge < -0.3 is 5.32 Å². The van der Waals surface area contributed by atoms with Crippen molar-refractivity contribution < 1.29 is 0 Å². The summed E-state index contributed by atoms with van der Waals surface area (Å²) in [7, 11) is 0. The topological polar surface area (TPSA) is 12.0 Å². The molecule has 0 amide bonds. The van der Waals surface area contributed by atoms with Gasteiger partial charge in [-0.05, 0) is 61.3 Å². The molecule has 92 valence electrons. The van der Waals surface area contributed by atoms with Gasteiger partial charge in [0.2, 0.25) is 0 Å². The molecule has 1 nitrogen and oxygen atoms in total. The minimum Gasteiger partial charge on any atom is -0.312 e. The van der Waals surface area contributed by atoms with E-state index in [1.807, 2.05) is 0 Å². The summed E-state index contributed by atoms with van der Waals surface area (Å²) < 4.78 is 1.16. The molecule has 2 fully saturated rings. The molecular formula is C15H20BrN. The van der Waals surface area contributed by atoms with Crippen molar-refractivity contribution in [2.45, 2.75) is 32.2 Å². The zero-order valence-electron chi connectivity index (χ0n) is 10.2. The fourth-order valence-electron chi connectivity index (χ4n) is 3.63. The molecule has 0 spiro atoms. The largest absolute Gasteiger partial charge is 0.312 e. The molecule has 1 aromatic rings. The Hall–Kier alpha value is -0.340. The molecule has 2 heteroatoms. The average molecular weight is 294 g/mol. The highest BCUT2D eigenvalue weighted by Crippen LogP contribution is 2.47. The maximum absolute atomic E-state index is 3.63. The predicted molar refractivity (Wildman–Crippen MR) is 74.8 cm³/mol. The van der Waals surface area contributed by atoms with Crippen LogP contribution in [0.3, 0.4) is 0 Å². The standard InChI is InChI=1S/C15H20BrN/c16-15-5-2-11(3-6-15)9-17-10-14-8-12-1-4-13(14)7-12/h2-3,5-6,12-14,17H,1,4,7-10H2. The Labute approximate surface area is 112 Å². The zero-order chi connectivity index (χ0) is 11.7. The van der Waals surface area contributed by atoms with Gasteiger partial charge in [-0.25, -0.2) is 0 Å². The van der Waals surface area contributed by atoms with Gasteiger partial charge in [-0.15, -0.1) is 0 Å². The number of benzene rings is 1. The van der Waals surface area contributed by atoms with Crippen LogP contribution >= 0.6 is 15.9 Å². The summed E-state index contributed by atoms with van der Waals surface area (Å²) in [5.74, 6) is 3.07. The molecule has 3 rings (SSSR count). The van der Waals surface area contributed by atoms with Crippen LogP contribution < -0.4 is 5.32 Å². The molecule has 0 saturated heterocycles. The van der Waals surface area contributed by atoms with E-state index in [1.165, 1.54) is 37.8 Å². The third-order valence-corrected chi connectivity index (χ3v) is 5.06. The number of fused-ring (bicyclic) bond motifs is 2. The van der Waals surface area contributed by atoms with Crippen LogP contribution in [0.5, 0.6) is 0 Å². The Morgan fingerprint density at radius 1 is 1.12 bits per heavy atom. The van der Waals surface area contributed by atoms with Gasteiger partial charge in [0.15, 0.2) is 0 Å². The summed E-state index contributed by atoms with van der Waals surface area (Å²) in [4.78, 5) is 0. The van der Waals surface area contributed by atoms with Crippen molar-refractivity contribution in [2.24, 2.45) is 17.8 Å². The van der Waals surface area contributed by atoms with Crippen LogP contribution in [0.2, 0.25) is 0 Å². The van der Waals surface area contributed by atoms with Gasteiger partial charge in [-0.2, -0.15) is 0 Å². The summed E-state index contributed by atoms with van der Waals surface area (Å²) in [6, 6.07) is 8.62. The zero-order valence-corrected chi connectivity index (χ0v) is 11.7. The molecule has 1 aromatic carbocycles. The van der Waals surface area contributed by atoms with Crippen LogP contribution in [-0.2, 0) is 6.54 Å². The fraction of sp³-hybridized carbons (Fsp3) is 0.600. The van der Waals surface area contributed by atoms with E-state index in [0.29, 0.717) is 0 Å². The Bertz CT molecular complexity index is 373. The normalized spacial score (nSPS) is 31.0. The van der Waals surface area contributed by atoms with E-state index in [0.717, 1.165) is 28.8 Å². The molecule has 0 radical (unpaired) electrons. The first-order valence-electron chi connectivity index (χ1n) is 6.76. The second kappa shape index (κ2) is 5.11. The second-order valence-electron chi connectivity index (χ2n) is 5.69. The Morgan fingerprint density at radius 2 is 1.94 bits per heavy atom. The number of nitrogens with one attached hydrogen (secondary N) is 1. The first-order chi connectivity index (χ1) is 8.31. The van der Waals surface area contributed by atoms with E-state index in [1.54, 1.807) is 0 Å². The van der Waals surface area contributed by atoms with Gasteiger partial charge in [0.25, 0.3) is 0 Å². The smallest absolute Gasteiger partial charge is 0.0205 e. The van der Waals surface area contributed by atoms with E-state index >= 15 is 0 Å². The molecule has 2 bridgehead atoms. The van der Waals surface area contributed by atoms with E-state index in [9.17, 15) is 0 Å². The maximum atomic E-state index is 3.63. The predicted octanol–water partition coefficient (Wildman–Crippen LogP) is 3.97. The van der Waals surface area contributed by atoms with Gasteiger partial charge in [-0.3, -0.25) is 0 Å². The van der Waals surface area contributed by atoms with Crippen LogP contribution in [0, 0.1) is 17.8 Å². The third kappa shape index (κ3) is 2.74. The Morgan fingerprint density at radius 3 is 2.59 bits per heavy atom. The van der Waals surface area contributed by atoms with Crippen LogP contribution in [0.1, 0.15) is 31.2 Å². The summed E-state index contributed by atoms with van der Waals surface area (Å²) in [5, 5.41) is 3.63. The molecule has 2 aliphatic carbocycles. The van der Waals surface area contributed by atoms with Gasteiger partial charge in [-0.1, -0.05) is 34.5 Å². The maximum Gasteiger partial charge on any atom is 0.0205 e. The highest BCUT2D eigenvalue weighted by molar-refractivity contribution is 9.10. The molecule has 2 saturated carbocycles. The van der Waals surface area contributed by atoms with Crippen LogP contribution in [0.25, 0.3) is 0 Å². The summed E-state index contributed by atoms with van der Waals surface area (Å²) in [6.07, 6.45) is 6.01. The van der Waals surface area contributed by atoms with Crippen molar-refractivity contribution in [2.75, 3.05) is 6.54 Å². The minimum absolute atomic E-state index is 0.962. The average Bonchev–Trinajstić information content (AvgIpc) is 2.94. The van der Waals surface area contributed by atoms with E-state index < -0.39 is 0 Å². The van der Waals surface area contributed by atoms with Gasteiger partial charge in [0, 0.05) is 11.0 Å². The number of hydrogen-bond acceptors (Lipinski definition) is 1. The molecule has 0 heterocycles. The molecule has 0 aliphatic heterocycles. The summed E-state index contributed by atoms with van der Waals surface area (Å²) in [6.45, 7) is 2.23. The first-order valence-corrected chi connectivity index (χ1v) is 7.56. The Balaban J connectivity index is 1.45. The lowest BCUT2D eigenvalue weighted by Gasteiger charge is -2.21. The highest BCUT2D eigenvalue weighted by atomic mass is 79.9. The van der Waals surface area contributed by atoms with Crippen LogP contribution in [-0.4, -0.2) is 6.54 Å². The van der Waals surface area contributed by atoms with Gasteiger partial charge >= 0.3 is 0 Å². The molecular weight excluding hydrogens is 274 g/mol. The lowest BCUT2D eigenvalue weighted by molar-refractivity contribution is 0.318.